The molecule has 1 atom stereocenters. The summed E-state index contributed by atoms with van der Waals surface area (Å²) in [5.74, 6) is -1.34. The Morgan fingerprint density at radius 2 is 1.96 bits per heavy atom. The zero-order chi connectivity index (χ0) is 19.5. The van der Waals surface area contributed by atoms with Crippen LogP contribution in [0.1, 0.15) is 23.6 Å². The summed E-state index contributed by atoms with van der Waals surface area (Å²) in [6.45, 7) is 1.10. The third kappa shape index (κ3) is 3.36. The van der Waals surface area contributed by atoms with Crippen molar-refractivity contribution < 1.29 is 14.7 Å². The molecule has 2 aromatic heterocycles. The number of imidazole rings is 1. The van der Waals surface area contributed by atoms with E-state index in [9.17, 15) is 14.7 Å². The minimum atomic E-state index is -0.639. The van der Waals surface area contributed by atoms with Gasteiger partial charge in [0.25, 0.3) is 11.7 Å². The number of hydrogen-bond donors (Lipinski definition) is 1. The Balaban J connectivity index is 1.68. The van der Waals surface area contributed by atoms with E-state index >= 15 is 0 Å². The van der Waals surface area contributed by atoms with Gasteiger partial charge in [-0.2, -0.15) is 11.3 Å². The number of carbonyl (C=O) groups is 2. The standard InChI is InChI=1S/C21H19N3O3S/c25-19(15-5-2-1-3-6-15)17-18(16-7-12-28-13-16)24(21(27)20(17)26)10-4-9-23-11-8-22-14-23/h1-3,5-8,11-14,18,25H,4,9-10H2. The first kappa shape index (κ1) is 18.2. The van der Waals surface area contributed by atoms with Crippen molar-refractivity contribution in [3.05, 3.63) is 82.6 Å². The second-order valence-electron chi connectivity index (χ2n) is 6.57. The molecule has 1 unspecified atom stereocenters. The molecule has 0 bridgehead atoms. The lowest BCUT2D eigenvalue weighted by atomic mass is 9.97. The number of aromatic nitrogens is 2. The van der Waals surface area contributed by atoms with Crippen LogP contribution in [0.25, 0.3) is 5.76 Å². The molecule has 142 valence electrons. The van der Waals surface area contributed by atoms with Gasteiger partial charge in [0, 0.05) is 31.0 Å². The number of aliphatic hydroxyl groups is 1. The second-order valence-corrected chi connectivity index (χ2v) is 7.35. The Hall–Kier alpha value is -3.19. The summed E-state index contributed by atoms with van der Waals surface area (Å²) in [7, 11) is 0. The molecule has 1 N–H and O–H groups in total. The zero-order valence-electron chi connectivity index (χ0n) is 15.1. The molecule has 7 heteroatoms. The lowest BCUT2D eigenvalue weighted by Gasteiger charge is -2.24. The summed E-state index contributed by atoms with van der Waals surface area (Å²) in [5, 5.41) is 14.7. The molecule has 1 aromatic carbocycles. The smallest absolute Gasteiger partial charge is 0.295 e. The molecule has 4 rings (SSSR count). The maximum atomic E-state index is 12.8. The predicted molar refractivity (Wildman–Crippen MR) is 107 cm³/mol. The van der Waals surface area contributed by atoms with Crippen LogP contribution in [0.4, 0.5) is 0 Å². The Morgan fingerprint density at radius 3 is 2.64 bits per heavy atom. The monoisotopic (exact) mass is 393 g/mol. The van der Waals surface area contributed by atoms with E-state index in [4.69, 9.17) is 0 Å². The lowest BCUT2D eigenvalue weighted by molar-refractivity contribution is -0.139. The Bertz CT molecular complexity index is 995. The van der Waals surface area contributed by atoms with E-state index in [0.29, 0.717) is 25.1 Å². The van der Waals surface area contributed by atoms with Crippen molar-refractivity contribution in [3.63, 3.8) is 0 Å². The van der Waals surface area contributed by atoms with Crippen molar-refractivity contribution in [2.75, 3.05) is 6.54 Å². The van der Waals surface area contributed by atoms with Gasteiger partial charge >= 0.3 is 0 Å². The van der Waals surface area contributed by atoms with Crippen LogP contribution in [0.15, 0.2) is 71.5 Å². The third-order valence-corrected chi connectivity index (χ3v) is 5.52. The number of ketones is 1. The fourth-order valence-corrected chi connectivity index (χ4v) is 4.16. The van der Waals surface area contributed by atoms with E-state index < -0.39 is 17.7 Å². The molecule has 1 amide bonds. The molecule has 0 saturated carbocycles. The fraction of sp³-hybridized carbons (Fsp3) is 0.190. The van der Waals surface area contributed by atoms with Gasteiger partial charge in [0.05, 0.1) is 17.9 Å². The van der Waals surface area contributed by atoms with E-state index in [0.717, 1.165) is 5.56 Å². The van der Waals surface area contributed by atoms with Crippen LogP contribution in [-0.2, 0) is 16.1 Å². The van der Waals surface area contributed by atoms with E-state index in [-0.39, 0.29) is 11.3 Å². The molecule has 0 aliphatic carbocycles. The number of Topliss-reactive ketones (excluding diaryl/α,β-unsaturated/α-hetero) is 1. The average Bonchev–Trinajstić information content (AvgIpc) is 3.46. The van der Waals surface area contributed by atoms with Crippen molar-refractivity contribution in [1.82, 2.24) is 14.5 Å². The van der Waals surface area contributed by atoms with Gasteiger partial charge in [0.2, 0.25) is 0 Å². The van der Waals surface area contributed by atoms with E-state index in [1.807, 2.05) is 33.7 Å². The molecule has 1 saturated heterocycles. The highest BCUT2D eigenvalue weighted by Crippen LogP contribution is 2.40. The van der Waals surface area contributed by atoms with Gasteiger partial charge in [-0.3, -0.25) is 9.59 Å². The number of aliphatic hydroxyl groups excluding tert-OH is 1. The van der Waals surface area contributed by atoms with Crippen LogP contribution in [0.5, 0.6) is 0 Å². The summed E-state index contributed by atoms with van der Waals surface area (Å²) in [5.41, 5.74) is 1.51. The largest absolute Gasteiger partial charge is 0.507 e. The number of thiophene rings is 1. The number of hydrogen-bond acceptors (Lipinski definition) is 5. The number of likely N-dealkylation sites (tertiary alicyclic amines) is 1. The molecule has 1 fully saturated rings. The van der Waals surface area contributed by atoms with Crippen molar-refractivity contribution in [2.45, 2.75) is 19.0 Å². The first-order valence-corrected chi connectivity index (χ1v) is 9.93. The van der Waals surface area contributed by atoms with Gasteiger partial charge in [-0.15, -0.1) is 0 Å². The van der Waals surface area contributed by atoms with Crippen molar-refractivity contribution in [3.8, 4) is 0 Å². The van der Waals surface area contributed by atoms with Crippen LogP contribution in [0.3, 0.4) is 0 Å². The third-order valence-electron chi connectivity index (χ3n) is 4.82. The minimum Gasteiger partial charge on any atom is -0.507 e. The lowest BCUT2D eigenvalue weighted by Crippen LogP contribution is -2.31. The van der Waals surface area contributed by atoms with Crippen LogP contribution in [0.2, 0.25) is 0 Å². The number of carbonyl (C=O) groups excluding carboxylic acids is 2. The molecule has 1 aliphatic heterocycles. The number of nitrogens with zero attached hydrogens (tertiary/aromatic N) is 3. The fourth-order valence-electron chi connectivity index (χ4n) is 3.48. The van der Waals surface area contributed by atoms with Crippen molar-refractivity contribution in [2.24, 2.45) is 0 Å². The average molecular weight is 393 g/mol. The summed E-state index contributed by atoms with van der Waals surface area (Å²) in [4.78, 5) is 31.2. The summed E-state index contributed by atoms with van der Waals surface area (Å²) in [6.07, 6.45) is 5.96. The summed E-state index contributed by atoms with van der Waals surface area (Å²) < 4.78 is 1.93. The molecular formula is C21H19N3O3S. The number of benzene rings is 1. The molecular weight excluding hydrogens is 374 g/mol. The van der Waals surface area contributed by atoms with E-state index in [1.165, 1.54) is 11.3 Å². The highest BCUT2D eigenvalue weighted by molar-refractivity contribution is 7.08. The Kier molecular flexibility index (Phi) is 5.08. The Morgan fingerprint density at radius 1 is 1.14 bits per heavy atom. The summed E-state index contributed by atoms with van der Waals surface area (Å²) in [6, 6.07) is 10.2. The predicted octanol–water partition coefficient (Wildman–Crippen LogP) is 3.46. The maximum Gasteiger partial charge on any atom is 0.295 e. The number of amides is 1. The SMILES string of the molecule is O=C1C(=O)N(CCCn2ccnc2)C(c2ccsc2)C1=C(O)c1ccccc1. The number of rotatable bonds is 6. The van der Waals surface area contributed by atoms with Gasteiger partial charge in [-0.1, -0.05) is 30.3 Å². The van der Waals surface area contributed by atoms with Gasteiger partial charge < -0.3 is 14.6 Å². The van der Waals surface area contributed by atoms with Crippen LogP contribution >= 0.6 is 11.3 Å². The summed E-state index contributed by atoms with van der Waals surface area (Å²) >= 11 is 1.50. The zero-order valence-corrected chi connectivity index (χ0v) is 15.9. The van der Waals surface area contributed by atoms with Gasteiger partial charge in [0.15, 0.2) is 0 Å². The molecule has 3 aromatic rings. The topological polar surface area (TPSA) is 75.4 Å². The molecule has 28 heavy (non-hydrogen) atoms. The van der Waals surface area contributed by atoms with Crippen molar-refractivity contribution in [1.29, 1.82) is 0 Å². The molecule has 3 heterocycles. The van der Waals surface area contributed by atoms with Crippen LogP contribution in [0, 0.1) is 0 Å². The second kappa shape index (κ2) is 7.82. The minimum absolute atomic E-state index is 0.132. The van der Waals surface area contributed by atoms with E-state index in [1.54, 1.807) is 41.7 Å². The molecule has 0 radical (unpaired) electrons. The molecule has 0 spiro atoms. The van der Waals surface area contributed by atoms with Crippen molar-refractivity contribution >= 4 is 28.8 Å². The van der Waals surface area contributed by atoms with Gasteiger partial charge in [-0.05, 0) is 28.8 Å². The molecule has 6 nitrogen and oxygen atoms in total. The van der Waals surface area contributed by atoms with Crippen LogP contribution < -0.4 is 0 Å². The highest BCUT2D eigenvalue weighted by Gasteiger charge is 2.45. The highest BCUT2D eigenvalue weighted by atomic mass is 32.1. The normalized spacial score (nSPS) is 18.7. The first-order chi connectivity index (χ1) is 13.7. The first-order valence-electron chi connectivity index (χ1n) is 8.98. The molecule has 1 aliphatic rings. The maximum absolute atomic E-state index is 12.8. The Labute approximate surface area is 166 Å². The van der Waals surface area contributed by atoms with Gasteiger partial charge in [0.1, 0.15) is 5.76 Å². The number of aryl methyl sites for hydroxylation is 1. The van der Waals surface area contributed by atoms with Crippen LogP contribution in [-0.4, -0.2) is 37.8 Å². The quantitative estimate of drug-likeness (QED) is 0.395. The van der Waals surface area contributed by atoms with E-state index in [2.05, 4.69) is 4.98 Å². The van der Waals surface area contributed by atoms with Gasteiger partial charge in [-0.25, -0.2) is 4.98 Å².